The number of methoxy groups -OCH3 is 1. The quantitative estimate of drug-likeness (QED) is 0.282. The number of amides is 2. The lowest BCUT2D eigenvalue weighted by Gasteiger charge is -2.28. The highest BCUT2D eigenvalue weighted by Gasteiger charge is 2.21. The number of morpholine rings is 1. The van der Waals surface area contributed by atoms with Crippen LogP contribution in [-0.2, 0) is 10.2 Å². The zero-order valence-corrected chi connectivity index (χ0v) is 24.2. The number of nitrogens with zero attached hydrogens (tertiary/aromatic N) is 3. The van der Waals surface area contributed by atoms with Gasteiger partial charge in [0, 0.05) is 30.2 Å². The molecule has 0 saturated carbocycles. The first-order valence-electron chi connectivity index (χ1n) is 13.7. The molecule has 8 heteroatoms. The van der Waals surface area contributed by atoms with Gasteiger partial charge in [-0.3, -0.25) is 0 Å². The lowest BCUT2D eigenvalue weighted by molar-refractivity contribution is 0.122. The van der Waals surface area contributed by atoms with E-state index in [0.717, 1.165) is 51.9 Å². The molecule has 0 bridgehead atoms. The Bertz CT molecular complexity index is 1650. The normalized spacial score (nSPS) is 13.5. The summed E-state index contributed by atoms with van der Waals surface area (Å²) in [6.45, 7) is 11.4. The molecule has 1 fully saturated rings. The molecule has 1 aliphatic heterocycles. The average molecular weight is 550 g/mol. The molecule has 2 amide bonds. The maximum Gasteiger partial charge on any atom is 0.323 e. The van der Waals surface area contributed by atoms with E-state index in [9.17, 15) is 10.1 Å². The van der Waals surface area contributed by atoms with Gasteiger partial charge in [0.15, 0.2) is 5.75 Å². The third-order valence-corrected chi connectivity index (χ3v) is 7.42. The first-order valence-corrected chi connectivity index (χ1v) is 13.7. The third-order valence-electron chi connectivity index (χ3n) is 7.42. The minimum Gasteiger partial charge on any atom is -0.493 e. The second-order valence-electron chi connectivity index (χ2n) is 11.2. The molecule has 2 N–H and O–H groups in total. The summed E-state index contributed by atoms with van der Waals surface area (Å²) >= 11 is 0. The minimum absolute atomic E-state index is 0.218. The number of nitriles is 1. The summed E-state index contributed by atoms with van der Waals surface area (Å²) in [5, 5.41) is 17.5. The van der Waals surface area contributed by atoms with Gasteiger partial charge in [-0.1, -0.05) is 51.1 Å². The summed E-state index contributed by atoms with van der Waals surface area (Å²) in [6, 6.07) is 19.5. The Labute approximate surface area is 240 Å². The highest BCUT2D eigenvalue weighted by Crippen LogP contribution is 2.37. The lowest BCUT2D eigenvalue weighted by Crippen LogP contribution is -2.36. The molecule has 0 atom stereocenters. The van der Waals surface area contributed by atoms with Crippen LogP contribution in [0.2, 0.25) is 0 Å². The van der Waals surface area contributed by atoms with E-state index in [1.807, 2.05) is 42.6 Å². The molecule has 41 heavy (non-hydrogen) atoms. The monoisotopic (exact) mass is 549 g/mol. The van der Waals surface area contributed by atoms with Crippen LogP contribution in [0.15, 0.2) is 60.8 Å². The number of anilines is 3. The SMILES string of the molecule is COc1c(C#N)cc(C(C)(C)C)cc1NC(=O)Nc1ccc(-c2cnc(N3CCOCC3)cc2C)c2ccccc12. The van der Waals surface area contributed by atoms with Gasteiger partial charge in [0.25, 0.3) is 0 Å². The summed E-state index contributed by atoms with van der Waals surface area (Å²) in [7, 11) is 1.49. The number of fused-ring (bicyclic) bond motifs is 1. The van der Waals surface area contributed by atoms with Crippen molar-refractivity contribution in [3.05, 3.63) is 77.5 Å². The number of aromatic nitrogens is 1. The zero-order chi connectivity index (χ0) is 29.1. The molecule has 0 radical (unpaired) electrons. The summed E-state index contributed by atoms with van der Waals surface area (Å²) in [5.74, 6) is 1.29. The van der Waals surface area contributed by atoms with Gasteiger partial charge in [-0.2, -0.15) is 5.26 Å². The van der Waals surface area contributed by atoms with Crippen molar-refractivity contribution in [1.82, 2.24) is 4.98 Å². The number of carbonyl (C=O) groups is 1. The number of benzene rings is 3. The molecule has 4 aromatic rings. The number of hydrogen-bond acceptors (Lipinski definition) is 6. The Kier molecular flexibility index (Phi) is 7.82. The molecular formula is C33H35N5O3. The molecule has 210 valence electrons. The van der Waals surface area contributed by atoms with Crippen molar-refractivity contribution in [2.75, 3.05) is 48.9 Å². The largest absolute Gasteiger partial charge is 0.493 e. The second-order valence-corrected chi connectivity index (χ2v) is 11.2. The number of pyridine rings is 1. The van der Waals surface area contributed by atoms with Crippen molar-refractivity contribution in [2.24, 2.45) is 0 Å². The van der Waals surface area contributed by atoms with Crippen LogP contribution in [0, 0.1) is 18.3 Å². The number of urea groups is 1. The van der Waals surface area contributed by atoms with Crippen LogP contribution in [0.5, 0.6) is 5.75 Å². The van der Waals surface area contributed by atoms with Gasteiger partial charge in [0.1, 0.15) is 11.9 Å². The van der Waals surface area contributed by atoms with E-state index in [2.05, 4.69) is 61.4 Å². The molecular weight excluding hydrogens is 514 g/mol. The van der Waals surface area contributed by atoms with E-state index in [0.29, 0.717) is 35.9 Å². The van der Waals surface area contributed by atoms with Crippen molar-refractivity contribution in [3.63, 3.8) is 0 Å². The highest BCUT2D eigenvalue weighted by molar-refractivity contribution is 6.10. The van der Waals surface area contributed by atoms with Crippen molar-refractivity contribution in [2.45, 2.75) is 33.1 Å². The van der Waals surface area contributed by atoms with Gasteiger partial charge in [-0.25, -0.2) is 9.78 Å². The summed E-state index contributed by atoms with van der Waals surface area (Å²) in [5.41, 5.74) is 5.40. The predicted octanol–water partition coefficient (Wildman–Crippen LogP) is 6.87. The maximum absolute atomic E-state index is 13.3. The van der Waals surface area contributed by atoms with Crippen molar-refractivity contribution in [3.8, 4) is 22.9 Å². The lowest BCUT2D eigenvalue weighted by atomic mass is 9.85. The van der Waals surface area contributed by atoms with Gasteiger partial charge in [-0.15, -0.1) is 0 Å². The van der Waals surface area contributed by atoms with Gasteiger partial charge in [-0.05, 0) is 58.7 Å². The van der Waals surface area contributed by atoms with E-state index >= 15 is 0 Å². The van der Waals surface area contributed by atoms with E-state index in [1.54, 1.807) is 6.07 Å². The highest BCUT2D eigenvalue weighted by atomic mass is 16.5. The molecule has 3 aromatic carbocycles. The fraction of sp³-hybridized carbons (Fsp3) is 0.303. The molecule has 8 nitrogen and oxygen atoms in total. The van der Waals surface area contributed by atoms with Crippen LogP contribution < -0.4 is 20.3 Å². The van der Waals surface area contributed by atoms with Crippen LogP contribution >= 0.6 is 0 Å². The third kappa shape index (κ3) is 5.81. The topological polar surface area (TPSA) is 99.5 Å². The van der Waals surface area contributed by atoms with E-state index in [-0.39, 0.29) is 5.41 Å². The molecule has 0 spiro atoms. The number of rotatable bonds is 5. The van der Waals surface area contributed by atoms with E-state index < -0.39 is 6.03 Å². The first kappa shape index (κ1) is 27.9. The molecule has 1 aromatic heterocycles. The summed E-state index contributed by atoms with van der Waals surface area (Å²) < 4.78 is 11.0. The molecule has 5 rings (SSSR count). The van der Waals surface area contributed by atoms with Gasteiger partial charge >= 0.3 is 6.03 Å². The number of aryl methyl sites for hydroxylation is 1. The molecule has 0 aliphatic carbocycles. The Balaban J connectivity index is 1.45. The summed E-state index contributed by atoms with van der Waals surface area (Å²) in [4.78, 5) is 20.3. The Hall–Kier alpha value is -4.61. The standard InChI is InChI=1S/C33H35N5O3/c1-21-16-30(38-12-14-41-15-13-38)35-20-27(21)25-10-11-28(26-9-7-6-8-24(25)26)36-32(39)37-29-18-23(33(2,3)4)17-22(19-34)31(29)40-5/h6-11,16-18,20H,12-15H2,1-5H3,(H2,36,37,39). The average Bonchev–Trinajstić information content (AvgIpc) is 2.97. The Morgan fingerprint density at radius 2 is 1.71 bits per heavy atom. The molecule has 0 unspecified atom stereocenters. The van der Waals surface area contributed by atoms with Gasteiger partial charge in [0.05, 0.1) is 37.3 Å². The smallest absolute Gasteiger partial charge is 0.323 e. The number of nitrogens with one attached hydrogen (secondary N) is 2. The van der Waals surface area contributed by atoms with Crippen LogP contribution in [-0.4, -0.2) is 44.4 Å². The number of ether oxygens (including phenoxy) is 2. The molecule has 2 heterocycles. The van der Waals surface area contributed by atoms with E-state index in [4.69, 9.17) is 14.5 Å². The van der Waals surface area contributed by atoms with Crippen molar-refractivity contribution in [1.29, 1.82) is 5.26 Å². The maximum atomic E-state index is 13.3. The van der Waals surface area contributed by atoms with Crippen LogP contribution in [0.1, 0.15) is 37.5 Å². The fourth-order valence-electron chi connectivity index (χ4n) is 5.17. The van der Waals surface area contributed by atoms with Crippen molar-refractivity contribution >= 4 is 34.0 Å². The second kappa shape index (κ2) is 11.5. The minimum atomic E-state index is -0.427. The summed E-state index contributed by atoms with van der Waals surface area (Å²) in [6.07, 6.45) is 1.93. The van der Waals surface area contributed by atoms with Gasteiger partial charge < -0.3 is 25.0 Å². The molecule has 1 aliphatic rings. The van der Waals surface area contributed by atoms with Crippen LogP contribution in [0.4, 0.5) is 22.0 Å². The zero-order valence-electron chi connectivity index (χ0n) is 24.2. The molecule has 1 saturated heterocycles. The fourth-order valence-corrected chi connectivity index (χ4v) is 5.17. The van der Waals surface area contributed by atoms with Gasteiger partial charge in [0.2, 0.25) is 0 Å². The Morgan fingerprint density at radius 1 is 1.00 bits per heavy atom. The van der Waals surface area contributed by atoms with Crippen LogP contribution in [0.25, 0.3) is 21.9 Å². The predicted molar refractivity (Wildman–Crippen MR) is 164 cm³/mol. The van der Waals surface area contributed by atoms with Crippen molar-refractivity contribution < 1.29 is 14.3 Å². The van der Waals surface area contributed by atoms with E-state index in [1.165, 1.54) is 7.11 Å². The first-order chi connectivity index (χ1) is 19.7. The number of carbonyl (C=O) groups excluding carboxylic acids is 1. The van der Waals surface area contributed by atoms with Crippen LogP contribution in [0.3, 0.4) is 0 Å². The Morgan fingerprint density at radius 3 is 2.37 bits per heavy atom. The number of hydrogen-bond donors (Lipinski definition) is 2.